The molecule has 2 aliphatic rings. The Kier molecular flexibility index (Phi) is 0.977. The maximum atomic E-state index is 11.3. The number of carbonyl (C=O) groups is 1. The van der Waals surface area contributed by atoms with E-state index in [-0.39, 0.29) is 5.92 Å². The number of nitrogens with one attached hydrogen (secondary N) is 1. The molecule has 0 amide bonds. The lowest BCUT2D eigenvalue weighted by atomic mass is 9.98. The molecule has 1 aromatic heterocycles. The maximum Gasteiger partial charge on any atom is 0.157 e. The number of nitrogens with zero attached hydrogens (tertiary/aromatic N) is 2. The number of rotatable bonds is 0. The van der Waals surface area contributed by atoms with E-state index in [0.29, 0.717) is 12.3 Å². The van der Waals surface area contributed by atoms with Gasteiger partial charge in [0.15, 0.2) is 5.78 Å². The number of carbonyl (C=O) groups excluding carboxylic acids is 1. The van der Waals surface area contributed by atoms with Crippen molar-refractivity contribution in [3.8, 4) is 0 Å². The van der Waals surface area contributed by atoms with Crippen LogP contribution in [0.5, 0.6) is 0 Å². The summed E-state index contributed by atoms with van der Waals surface area (Å²) in [7, 11) is 0. The van der Waals surface area contributed by atoms with Crippen molar-refractivity contribution < 1.29 is 4.79 Å². The van der Waals surface area contributed by atoms with Crippen molar-refractivity contribution in [1.82, 2.24) is 10.2 Å². The summed E-state index contributed by atoms with van der Waals surface area (Å²) in [6, 6.07) is 0. The number of hydrogen-bond acceptors (Lipinski definition) is 3. The predicted molar refractivity (Wildman–Crippen MR) is 43.0 cm³/mol. The summed E-state index contributed by atoms with van der Waals surface area (Å²) < 4.78 is 0. The molecule has 1 aromatic rings. The summed E-state index contributed by atoms with van der Waals surface area (Å²) >= 11 is 0. The summed E-state index contributed by atoms with van der Waals surface area (Å²) in [6.45, 7) is 1.45. The van der Waals surface area contributed by atoms with Crippen LogP contribution in [0.1, 0.15) is 5.56 Å². The van der Waals surface area contributed by atoms with Crippen molar-refractivity contribution in [3.05, 3.63) is 11.8 Å². The number of H-pyrrole nitrogens is 1. The fourth-order valence-electron chi connectivity index (χ4n) is 2.09. The molecule has 0 spiro atoms. The molecule has 2 aliphatic heterocycles. The first-order chi connectivity index (χ1) is 5.84. The summed E-state index contributed by atoms with van der Waals surface area (Å²) in [5.74, 6) is 1.66. The van der Waals surface area contributed by atoms with E-state index in [1.165, 1.54) is 5.56 Å². The first kappa shape index (κ1) is 6.22. The summed E-state index contributed by atoms with van der Waals surface area (Å²) in [6.07, 6.45) is 2.70. The van der Waals surface area contributed by atoms with Gasteiger partial charge in [0.2, 0.25) is 0 Å². The second kappa shape index (κ2) is 1.88. The molecule has 1 unspecified atom stereocenters. The van der Waals surface area contributed by atoms with Gasteiger partial charge in [-0.15, -0.1) is 0 Å². The number of ketones is 1. The van der Waals surface area contributed by atoms with Crippen LogP contribution < -0.4 is 4.90 Å². The van der Waals surface area contributed by atoms with Gasteiger partial charge in [-0.2, -0.15) is 5.10 Å². The molecule has 4 heteroatoms. The first-order valence-corrected chi connectivity index (χ1v) is 4.14. The van der Waals surface area contributed by atoms with E-state index in [2.05, 4.69) is 15.1 Å². The quantitative estimate of drug-likeness (QED) is 0.584. The van der Waals surface area contributed by atoms with Crippen molar-refractivity contribution in [1.29, 1.82) is 0 Å². The molecule has 1 fully saturated rings. The van der Waals surface area contributed by atoms with Gasteiger partial charge in [0.05, 0.1) is 12.7 Å². The van der Waals surface area contributed by atoms with E-state index < -0.39 is 0 Å². The monoisotopic (exact) mass is 163 g/mol. The molecule has 1 N–H and O–H groups in total. The standard InChI is InChI=1S/C8H9N3O/c12-7-4-11-3-6(7)1-5-2-9-10-8(5)11/h2,6H,1,3-4H2,(H,9,10). The number of Topliss-reactive ketones (excluding diaryl/α,β-unsaturated/α-hetero) is 1. The highest BCUT2D eigenvalue weighted by atomic mass is 16.1. The molecule has 3 rings (SSSR count). The first-order valence-electron chi connectivity index (χ1n) is 4.14. The van der Waals surface area contributed by atoms with Crippen LogP contribution in [0.25, 0.3) is 0 Å². The Bertz CT molecular complexity index is 344. The number of hydrogen-bond donors (Lipinski definition) is 1. The molecule has 4 nitrogen and oxygen atoms in total. The Balaban J connectivity index is 2.12. The van der Waals surface area contributed by atoms with Gasteiger partial charge in [0, 0.05) is 18.0 Å². The fourth-order valence-corrected chi connectivity index (χ4v) is 2.09. The zero-order chi connectivity index (χ0) is 8.13. The number of aromatic nitrogens is 2. The van der Waals surface area contributed by atoms with Gasteiger partial charge in [0.1, 0.15) is 5.82 Å². The van der Waals surface area contributed by atoms with Gasteiger partial charge in [-0.05, 0) is 6.42 Å². The smallest absolute Gasteiger partial charge is 0.157 e. The Labute approximate surface area is 69.6 Å². The lowest BCUT2D eigenvalue weighted by molar-refractivity contribution is -0.119. The average molecular weight is 163 g/mol. The van der Waals surface area contributed by atoms with Crippen LogP contribution >= 0.6 is 0 Å². The molecule has 0 aliphatic carbocycles. The lowest BCUT2D eigenvalue weighted by Crippen LogP contribution is -2.25. The van der Waals surface area contributed by atoms with E-state index in [1.807, 2.05) is 6.20 Å². The molecular weight excluding hydrogens is 154 g/mol. The summed E-state index contributed by atoms with van der Waals surface area (Å²) in [4.78, 5) is 13.4. The molecular formula is C8H9N3O. The minimum absolute atomic E-state index is 0.232. The van der Waals surface area contributed by atoms with Crippen molar-refractivity contribution in [3.63, 3.8) is 0 Å². The Hall–Kier alpha value is -1.32. The molecule has 1 atom stereocenters. The van der Waals surface area contributed by atoms with Crippen LogP contribution in [-0.4, -0.2) is 29.1 Å². The van der Waals surface area contributed by atoms with E-state index in [9.17, 15) is 4.79 Å². The molecule has 12 heavy (non-hydrogen) atoms. The minimum atomic E-state index is 0.232. The maximum absolute atomic E-state index is 11.3. The van der Waals surface area contributed by atoms with E-state index in [0.717, 1.165) is 18.8 Å². The van der Waals surface area contributed by atoms with Gasteiger partial charge >= 0.3 is 0 Å². The van der Waals surface area contributed by atoms with Crippen LogP contribution in [0.2, 0.25) is 0 Å². The minimum Gasteiger partial charge on any atom is -0.349 e. The highest BCUT2D eigenvalue weighted by Crippen LogP contribution is 2.32. The van der Waals surface area contributed by atoms with Gasteiger partial charge in [-0.3, -0.25) is 9.89 Å². The summed E-state index contributed by atoms with van der Waals surface area (Å²) in [5, 5.41) is 6.90. The van der Waals surface area contributed by atoms with Crippen LogP contribution in [0, 0.1) is 5.92 Å². The fraction of sp³-hybridized carbons (Fsp3) is 0.500. The van der Waals surface area contributed by atoms with Gasteiger partial charge in [-0.25, -0.2) is 0 Å². The summed E-state index contributed by atoms with van der Waals surface area (Å²) in [5.41, 5.74) is 1.19. The zero-order valence-electron chi connectivity index (χ0n) is 6.58. The van der Waals surface area contributed by atoms with E-state index in [1.54, 1.807) is 0 Å². The van der Waals surface area contributed by atoms with Crippen molar-refractivity contribution in [2.75, 3.05) is 18.0 Å². The highest BCUT2D eigenvalue weighted by Gasteiger charge is 2.37. The van der Waals surface area contributed by atoms with E-state index >= 15 is 0 Å². The lowest BCUT2D eigenvalue weighted by Gasteiger charge is -2.21. The largest absolute Gasteiger partial charge is 0.349 e. The van der Waals surface area contributed by atoms with Crippen molar-refractivity contribution in [2.24, 2.45) is 5.92 Å². The van der Waals surface area contributed by atoms with Crippen LogP contribution in [0.15, 0.2) is 6.20 Å². The van der Waals surface area contributed by atoms with Crippen molar-refractivity contribution in [2.45, 2.75) is 6.42 Å². The Morgan fingerprint density at radius 1 is 1.67 bits per heavy atom. The SMILES string of the molecule is O=C1CN2CC1Cc1cn[nH]c12. The van der Waals surface area contributed by atoms with Crippen molar-refractivity contribution >= 4 is 11.6 Å². The molecule has 3 heterocycles. The zero-order valence-corrected chi connectivity index (χ0v) is 6.58. The second-order valence-corrected chi connectivity index (χ2v) is 3.49. The Morgan fingerprint density at radius 2 is 2.58 bits per heavy atom. The van der Waals surface area contributed by atoms with Crippen LogP contribution in [0.4, 0.5) is 5.82 Å². The predicted octanol–water partition coefficient (Wildman–Crippen LogP) is -0.0289. The third-order valence-electron chi connectivity index (χ3n) is 2.72. The molecule has 1 saturated heterocycles. The molecule has 0 aromatic carbocycles. The third-order valence-corrected chi connectivity index (χ3v) is 2.72. The topological polar surface area (TPSA) is 49.0 Å². The number of anilines is 1. The average Bonchev–Trinajstić information content (AvgIpc) is 2.60. The van der Waals surface area contributed by atoms with Crippen LogP contribution in [0.3, 0.4) is 0 Å². The van der Waals surface area contributed by atoms with E-state index in [4.69, 9.17) is 0 Å². The molecule has 2 bridgehead atoms. The molecule has 0 saturated carbocycles. The molecule has 62 valence electrons. The highest BCUT2D eigenvalue weighted by molar-refractivity contribution is 5.91. The molecule has 0 radical (unpaired) electrons. The van der Waals surface area contributed by atoms with Gasteiger partial charge in [0.25, 0.3) is 0 Å². The third kappa shape index (κ3) is 0.622. The normalized spacial score (nSPS) is 26.2. The Morgan fingerprint density at radius 3 is 3.50 bits per heavy atom. The second-order valence-electron chi connectivity index (χ2n) is 3.49. The van der Waals surface area contributed by atoms with Gasteiger partial charge in [-0.1, -0.05) is 0 Å². The number of aromatic amines is 1. The van der Waals surface area contributed by atoms with Crippen LogP contribution in [-0.2, 0) is 11.2 Å². The van der Waals surface area contributed by atoms with Gasteiger partial charge < -0.3 is 4.90 Å². The number of fused-ring (bicyclic) bond motifs is 4.